The molecule has 2 amide bonds. The average Bonchev–Trinajstić information content (AvgIpc) is 2.66. The van der Waals surface area contributed by atoms with Crippen LogP contribution < -0.4 is 25.0 Å². The molecule has 0 heterocycles. The number of nitrogens with one attached hydrogen (secondary N) is 3. The van der Waals surface area contributed by atoms with Crippen LogP contribution in [0.15, 0.2) is 47.4 Å². The summed E-state index contributed by atoms with van der Waals surface area (Å²) in [5.41, 5.74) is 3.79. The van der Waals surface area contributed by atoms with Crippen molar-refractivity contribution in [3.63, 3.8) is 0 Å². The molecule has 0 spiro atoms. The molecule has 2 aromatic rings. The Balaban J connectivity index is 2.01. The summed E-state index contributed by atoms with van der Waals surface area (Å²) in [4.78, 5) is 13.9. The van der Waals surface area contributed by atoms with Crippen LogP contribution in [0.25, 0.3) is 0 Å². The predicted molar refractivity (Wildman–Crippen MR) is 103 cm³/mol. The van der Waals surface area contributed by atoms with E-state index in [1.54, 1.807) is 12.1 Å². The third-order valence-corrected chi connectivity index (χ3v) is 5.04. The summed E-state index contributed by atoms with van der Waals surface area (Å²) in [5, 5.41) is 2.55. The fourth-order valence-electron chi connectivity index (χ4n) is 2.27. The van der Waals surface area contributed by atoms with Gasteiger partial charge in [-0.1, -0.05) is 26.0 Å². The van der Waals surface area contributed by atoms with E-state index < -0.39 is 16.1 Å². The van der Waals surface area contributed by atoms with Crippen molar-refractivity contribution in [3.8, 4) is 11.5 Å². The van der Waals surface area contributed by atoms with Gasteiger partial charge in [0.2, 0.25) is 0 Å². The summed E-state index contributed by atoms with van der Waals surface area (Å²) in [6.45, 7) is 4.14. The number of carbonyl (C=O) groups is 1. The molecule has 0 saturated carbocycles. The van der Waals surface area contributed by atoms with Gasteiger partial charge in [-0.3, -0.25) is 5.43 Å². The maximum absolute atomic E-state index is 12.3. The fraction of sp³-hybridized carbons (Fsp3) is 0.278. The molecule has 0 unspecified atom stereocenters. The number of carbonyl (C=O) groups excluding carboxylic acids is 1. The lowest BCUT2D eigenvalue weighted by Gasteiger charge is -2.12. The Labute approximate surface area is 158 Å². The Kier molecular flexibility index (Phi) is 6.65. The summed E-state index contributed by atoms with van der Waals surface area (Å²) in [6.07, 6.45) is 0. The first-order valence-electron chi connectivity index (χ1n) is 8.17. The van der Waals surface area contributed by atoms with Gasteiger partial charge in [0, 0.05) is 11.8 Å². The summed E-state index contributed by atoms with van der Waals surface area (Å²) in [6, 6.07) is 10.7. The van der Waals surface area contributed by atoms with E-state index >= 15 is 0 Å². The summed E-state index contributed by atoms with van der Waals surface area (Å²) < 4.78 is 34.8. The standard InChI is InChI=1S/C18H23N3O5S/c1-12(2)13-5-7-14(8-6-13)19-18(22)20-21-27(23,24)15-9-10-16(25-3)17(11-15)26-4/h5-12,21H,1-4H3,(H2,19,20,22). The number of rotatable bonds is 7. The van der Waals surface area contributed by atoms with Crippen molar-refractivity contribution in [2.75, 3.05) is 19.5 Å². The molecule has 0 atom stereocenters. The third-order valence-electron chi connectivity index (χ3n) is 3.80. The topological polar surface area (TPSA) is 106 Å². The van der Waals surface area contributed by atoms with Crippen LogP contribution >= 0.6 is 0 Å². The lowest BCUT2D eigenvalue weighted by Crippen LogP contribution is -2.43. The van der Waals surface area contributed by atoms with Crippen LogP contribution in [-0.4, -0.2) is 28.7 Å². The largest absolute Gasteiger partial charge is 0.493 e. The summed E-state index contributed by atoms with van der Waals surface area (Å²) in [7, 11) is -1.13. The number of hydrazine groups is 1. The van der Waals surface area contributed by atoms with Crippen LogP contribution in [-0.2, 0) is 10.0 Å². The van der Waals surface area contributed by atoms with Crippen LogP contribution in [0.2, 0.25) is 0 Å². The first-order valence-corrected chi connectivity index (χ1v) is 9.66. The van der Waals surface area contributed by atoms with E-state index in [9.17, 15) is 13.2 Å². The van der Waals surface area contributed by atoms with E-state index in [-0.39, 0.29) is 10.6 Å². The Morgan fingerprint density at radius 3 is 2.15 bits per heavy atom. The Bertz CT molecular complexity index is 896. The van der Waals surface area contributed by atoms with Gasteiger partial charge in [-0.25, -0.2) is 13.2 Å². The monoisotopic (exact) mass is 393 g/mol. The number of sulfonamides is 1. The predicted octanol–water partition coefficient (Wildman–Crippen LogP) is 2.84. The normalized spacial score (nSPS) is 11.1. The highest BCUT2D eigenvalue weighted by Crippen LogP contribution is 2.29. The first kappa shape index (κ1) is 20.5. The molecule has 0 saturated heterocycles. The van der Waals surface area contributed by atoms with Crippen molar-refractivity contribution < 1.29 is 22.7 Å². The zero-order valence-corrected chi connectivity index (χ0v) is 16.4. The minimum absolute atomic E-state index is 0.0817. The second-order valence-electron chi connectivity index (χ2n) is 5.98. The molecule has 2 rings (SSSR count). The summed E-state index contributed by atoms with van der Waals surface area (Å²) in [5.74, 6) is 1.03. The van der Waals surface area contributed by atoms with Gasteiger partial charge in [0.15, 0.2) is 11.5 Å². The molecule has 27 heavy (non-hydrogen) atoms. The molecule has 0 aromatic heterocycles. The molecule has 2 aromatic carbocycles. The molecular formula is C18H23N3O5S. The number of urea groups is 1. The third kappa shape index (κ3) is 5.35. The number of anilines is 1. The average molecular weight is 393 g/mol. The molecule has 0 aliphatic carbocycles. The van der Waals surface area contributed by atoms with Gasteiger partial charge >= 0.3 is 6.03 Å². The van der Waals surface area contributed by atoms with E-state index in [2.05, 4.69) is 24.6 Å². The molecule has 0 aliphatic rings. The first-order chi connectivity index (χ1) is 12.8. The van der Waals surface area contributed by atoms with Crippen molar-refractivity contribution in [1.29, 1.82) is 0 Å². The van der Waals surface area contributed by atoms with Gasteiger partial charge in [0.05, 0.1) is 19.1 Å². The Morgan fingerprint density at radius 1 is 0.963 bits per heavy atom. The van der Waals surface area contributed by atoms with Gasteiger partial charge in [-0.15, -0.1) is 4.83 Å². The van der Waals surface area contributed by atoms with Crippen molar-refractivity contribution in [1.82, 2.24) is 10.3 Å². The second-order valence-corrected chi connectivity index (χ2v) is 7.66. The maximum Gasteiger partial charge on any atom is 0.334 e. The van der Waals surface area contributed by atoms with Crippen molar-refractivity contribution in [3.05, 3.63) is 48.0 Å². The molecule has 8 nitrogen and oxygen atoms in total. The number of amides is 2. The van der Waals surface area contributed by atoms with Crippen LogP contribution in [0.5, 0.6) is 11.5 Å². The van der Waals surface area contributed by atoms with E-state index in [1.807, 2.05) is 17.0 Å². The van der Waals surface area contributed by atoms with Gasteiger partial charge in [0.1, 0.15) is 0 Å². The number of hydrogen-bond donors (Lipinski definition) is 3. The number of hydrogen-bond acceptors (Lipinski definition) is 5. The summed E-state index contributed by atoms with van der Waals surface area (Å²) >= 11 is 0. The Morgan fingerprint density at radius 2 is 1.59 bits per heavy atom. The van der Waals surface area contributed by atoms with Crippen molar-refractivity contribution in [2.45, 2.75) is 24.7 Å². The molecule has 3 N–H and O–H groups in total. The molecule has 9 heteroatoms. The number of methoxy groups -OCH3 is 2. The molecule has 0 bridgehead atoms. The zero-order valence-electron chi connectivity index (χ0n) is 15.6. The van der Waals surface area contributed by atoms with Gasteiger partial charge in [-0.05, 0) is 35.7 Å². The van der Waals surface area contributed by atoms with Crippen LogP contribution in [0, 0.1) is 0 Å². The highest BCUT2D eigenvalue weighted by Gasteiger charge is 2.18. The minimum atomic E-state index is -3.98. The molecule has 0 fully saturated rings. The zero-order chi connectivity index (χ0) is 20.0. The molecule has 0 aliphatic heterocycles. The Hall–Kier alpha value is -2.78. The van der Waals surface area contributed by atoms with Crippen molar-refractivity contribution >= 4 is 21.7 Å². The van der Waals surface area contributed by atoms with Crippen molar-refractivity contribution in [2.24, 2.45) is 0 Å². The van der Waals surface area contributed by atoms with E-state index in [4.69, 9.17) is 9.47 Å². The quantitative estimate of drug-likeness (QED) is 0.627. The number of benzene rings is 2. The smallest absolute Gasteiger partial charge is 0.334 e. The highest BCUT2D eigenvalue weighted by atomic mass is 32.2. The van der Waals surface area contributed by atoms with E-state index in [0.717, 1.165) is 5.56 Å². The van der Waals surface area contributed by atoms with Crippen LogP contribution in [0.4, 0.5) is 10.5 Å². The van der Waals surface area contributed by atoms with E-state index in [0.29, 0.717) is 17.4 Å². The lowest BCUT2D eigenvalue weighted by molar-refractivity contribution is 0.250. The molecular weight excluding hydrogens is 370 g/mol. The fourth-order valence-corrected chi connectivity index (χ4v) is 3.12. The van der Waals surface area contributed by atoms with E-state index in [1.165, 1.54) is 32.4 Å². The SMILES string of the molecule is COc1ccc(S(=O)(=O)NNC(=O)Nc2ccc(C(C)C)cc2)cc1OC. The molecule has 0 radical (unpaired) electrons. The van der Waals surface area contributed by atoms with Gasteiger partial charge in [-0.2, -0.15) is 0 Å². The maximum atomic E-state index is 12.3. The van der Waals surface area contributed by atoms with Gasteiger partial charge < -0.3 is 14.8 Å². The van der Waals surface area contributed by atoms with Crippen LogP contribution in [0.1, 0.15) is 25.3 Å². The highest BCUT2D eigenvalue weighted by molar-refractivity contribution is 7.89. The second kappa shape index (κ2) is 8.74. The minimum Gasteiger partial charge on any atom is -0.493 e. The number of ether oxygens (including phenoxy) is 2. The lowest BCUT2D eigenvalue weighted by atomic mass is 10.0. The van der Waals surface area contributed by atoms with Gasteiger partial charge in [0.25, 0.3) is 10.0 Å². The van der Waals surface area contributed by atoms with Crippen LogP contribution in [0.3, 0.4) is 0 Å². The molecule has 146 valence electrons.